The predicted octanol–water partition coefficient (Wildman–Crippen LogP) is 2.90. The maximum Gasteiger partial charge on any atom is 0.337 e. The van der Waals surface area contributed by atoms with Gasteiger partial charge in [-0.05, 0) is 24.6 Å². The third-order valence-corrected chi connectivity index (χ3v) is 5.00. The number of allylic oxidation sites excluding steroid dienone is 1. The second kappa shape index (κ2) is 7.87. The van der Waals surface area contributed by atoms with E-state index in [-0.39, 0.29) is 6.54 Å². The Morgan fingerprint density at radius 3 is 2.60 bits per heavy atom. The lowest BCUT2D eigenvalue weighted by Gasteiger charge is -2.12. The molecular formula is C23H22N4O3. The monoisotopic (exact) mass is 402 g/mol. The van der Waals surface area contributed by atoms with Gasteiger partial charge in [-0.15, -0.1) is 6.58 Å². The smallest absolute Gasteiger partial charge is 0.337 e. The highest BCUT2D eigenvalue weighted by atomic mass is 16.5. The largest absolute Gasteiger partial charge is 0.497 e. The van der Waals surface area contributed by atoms with Crippen molar-refractivity contribution in [2.24, 2.45) is 0 Å². The summed E-state index contributed by atoms with van der Waals surface area (Å²) in [6.07, 6.45) is 3.13. The molecule has 0 bridgehead atoms. The molecule has 0 atom stereocenters. The first-order valence-electron chi connectivity index (χ1n) is 9.55. The molecule has 0 unspecified atom stereocenters. The summed E-state index contributed by atoms with van der Waals surface area (Å²) in [5.74, 6) is 0.605. The second-order valence-corrected chi connectivity index (χ2v) is 7.05. The SMILES string of the molecule is C=CCn1c(=O)c2c(ncn2Cc2ccc(C)cc2)n(-c2cccc(OC)c2)c1=O. The summed E-state index contributed by atoms with van der Waals surface area (Å²) in [5.41, 5.74) is 2.58. The summed E-state index contributed by atoms with van der Waals surface area (Å²) in [7, 11) is 1.56. The zero-order valence-electron chi connectivity index (χ0n) is 16.9. The lowest BCUT2D eigenvalue weighted by Crippen LogP contribution is -2.39. The van der Waals surface area contributed by atoms with Gasteiger partial charge in [0.1, 0.15) is 5.75 Å². The Morgan fingerprint density at radius 2 is 1.90 bits per heavy atom. The molecule has 7 nitrogen and oxygen atoms in total. The van der Waals surface area contributed by atoms with Gasteiger partial charge in [0.25, 0.3) is 5.56 Å². The Hall–Kier alpha value is -3.87. The van der Waals surface area contributed by atoms with Crippen LogP contribution in [0.15, 0.2) is 77.1 Å². The fourth-order valence-corrected chi connectivity index (χ4v) is 3.46. The van der Waals surface area contributed by atoms with Crippen LogP contribution in [0.25, 0.3) is 16.9 Å². The molecule has 2 heterocycles. The molecule has 4 aromatic rings. The van der Waals surface area contributed by atoms with Crippen molar-refractivity contribution in [1.29, 1.82) is 0 Å². The second-order valence-electron chi connectivity index (χ2n) is 7.05. The standard InChI is InChI=1S/C23H22N4O3/c1-4-12-26-22(28)20-21(24-15-25(20)14-17-10-8-16(2)9-11-17)27(23(26)29)18-6-5-7-19(13-18)30-3/h4-11,13,15H,1,12,14H2,2-3H3. The summed E-state index contributed by atoms with van der Waals surface area (Å²) < 4.78 is 9.68. The first-order valence-corrected chi connectivity index (χ1v) is 9.55. The van der Waals surface area contributed by atoms with E-state index in [1.54, 1.807) is 42.3 Å². The lowest BCUT2D eigenvalue weighted by molar-refractivity contribution is 0.414. The van der Waals surface area contributed by atoms with Gasteiger partial charge in [-0.1, -0.05) is 42.0 Å². The Labute approximate surface area is 173 Å². The van der Waals surface area contributed by atoms with E-state index in [9.17, 15) is 9.59 Å². The highest BCUT2D eigenvalue weighted by Gasteiger charge is 2.19. The molecule has 0 saturated carbocycles. The van der Waals surface area contributed by atoms with E-state index in [4.69, 9.17) is 4.74 Å². The van der Waals surface area contributed by atoms with Gasteiger partial charge in [0.05, 0.1) is 19.1 Å². The molecule has 0 aliphatic heterocycles. The van der Waals surface area contributed by atoms with Crippen molar-refractivity contribution in [3.8, 4) is 11.4 Å². The van der Waals surface area contributed by atoms with Gasteiger partial charge in [0, 0.05) is 19.2 Å². The van der Waals surface area contributed by atoms with Crippen molar-refractivity contribution in [2.45, 2.75) is 20.0 Å². The average Bonchev–Trinajstić information content (AvgIpc) is 3.16. The quantitative estimate of drug-likeness (QED) is 0.465. The molecule has 0 N–H and O–H groups in total. The number of benzene rings is 2. The number of nitrogens with zero attached hydrogens (tertiary/aromatic N) is 4. The van der Waals surface area contributed by atoms with Gasteiger partial charge in [0.15, 0.2) is 11.2 Å². The molecule has 2 aromatic heterocycles. The van der Waals surface area contributed by atoms with Crippen molar-refractivity contribution < 1.29 is 4.74 Å². The van der Waals surface area contributed by atoms with Gasteiger partial charge >= 0.3 is 5.69 Å². The molecule has 152 valence electrons. The molecule has 0 radical (unpaired) electrons. The van der Waals surface area contributed by atoms with E-state index in [1.165, 1.54) is 15.2 Å². The number of fused-ring (bicyclic) bond motifs is 1. The van der Waals surface area contributed by atoms with Crippen LogP contribution in [0.3, 0.4) is 0 Å². The van der Waals surface area contributed by atoms with Gasteiger partial charge < -0.3 is 9.30 Å². The number of ether oxygens (including phenoxy) is 1. The molecule has 4 rings (SSSR count). The number of hydrogen-bond acceptors (Lipinski definition) is 4. The zero-order valence-corrected chi connectivity index (χ0v) is 16.9. The molecule has 30 heavy (non-hydrogen) atoms. The van der Waals surface area contributed by atoms with Crippen molar-refractivity contribution >= 4 is 11.2 Å². The van der Waals surface area contributed by atoms with Crippen LogP contribution in [-0.4, -0.2) is 25.8 Å². The summed E-state index contributed by atoms with van der Waals surface area (Å²) >= 11 is 0. The molecule has 0 saturated heterocycles. The minimum Gasteiger partial charge on any atom is -0.497 e. The molecule has 0 aliphatic rings. The Morgan fingerprint density at radius 1 is 1.13 bits per heavy atom. The van der Waals surface area contributed by atoms with Crippen LogP contribution < -0.4 is 16.0 Å². The third kappa shape index (κ3) is 3.34. The van der Waals surface area contributed by atoms with E-state index >= 15 is 0 Å². The van der Waals surface area contributed by atoms with Crippen LogP contribution in [0.2, 0.25) is 0 Å². The molecule has 7 heteroatoms. The number of rotatable bonds is 6. The molecule has 0 spiro atoms. The van der Waals surface area contributed by atoms with Gasteiger partial charge in [-0.25, -0.2) is 14.3 Å². The zero-order chi connectivity index (χ0) is 21.3. The number of aryl methyl sites for hydroxylation is 1. The third-order valence-electron chi connectivity index (χ3n) is 5.00. The number of imidazole rings is 1. The Kier molecular flexibility index (Phi) is 5.10. The summed E-state index contributed by atoms with van der Waals surface area (Å²) in [5, 5.41) is 0. The summed E-state index contributed by atoms with van der Waals surface area (Å²) in [6.45, 7) is 6.28. The number of aromatic nitrogens is 4. The first kappa shape index (κ1) is 19.4. The van der Waals surface area contributed by atoms with Gasteiger partial charge in [0.2, 0.25) is 0 Å². The highest BCUT2D eigenvalue weighted by molar-refractivity contribution is 5.72. The van der Waals surface area contributed by atoms with Crippen LogP contribution in [0, 0.1) is 6.92 Å². The number of methoxy groups -OCH3 is 1. The molecule has 0 aliphatic carbocycles. The summed E-state index contributed by atoms with van der Waals surface area (Å²) in [6, 6.07) is 15.2. The Bertz CT molecular complexity index is 1340. The van der Waals surface area contributed by atoms with Crippen LogP contribution >= 0.6 is 0 Å². The van der Waals surface area contributed by atoms with Crippen LogP contribution in [0.4, 0.5) is 0 Å². The lowest BCUT2D eigenvalue weighted by atomic mass is 10.1. The fraction of sp³-hybridized carbons (Fsp3) is 0.174. The van der Waals surface area contributed by atoms with E-state index in [2.05, 4.69) is 11.6 Å². The maximum absolute atomic E-state index is 13.2. The van der Waals surface area contributed by atoms with Crippen molar-refractivity contribution in [2.75, 3.05) is 7.11 Å². The topological polar surface area (TPSA) is 71.1 Å². The molecule has 2 aromatic carbocycles. The predicted molar refractivity (Wildman–Crippen MR) is 117 cm³/mol. The van der Waals surface area contributed by atoms with Crippen molar-refractivity contribution in [3.63, 3.8) is 0 Å². The Balaban J connectivity index is 1.98. The average molecular weight is 402 g/mol. The number of hydrogen-bond donors (Lipinski definition) is 0. The summed E-state index contributed by atoms with van der Waals surface area (Å²) in [4.78, 5) is 30.8. The molecular weight excluding hydrogens is 380 g/mol. The van der Waals surface area contributed by atoms with E-state index in [0.717, 1.165) is 11.1 Å². The normalized spacial score (nSPS) is 11.0. The van der Waals surface area contributed by atoms with Crippen LogP contribution in [-0.2, 0) is 13.1 Å². The fourth-order valence-electron chi connectivity index (χ4n) is 3.46. The van der Waals surface area contributed by atoms with Crippen molar-refractivity contribution in [1.82, 2.24) is 18.7 Å². The van der Waals surface area contributed by atoms with E-state index in [1.807, 2.05) is 31.2 Å². The first-order chi connectivity index (χ1) is 14.5. The van der Waals surface area contributed by atoms with Crippen molar-refractivity contribution in [3.05, 3.63) is 99.5 Å². The van der Waals surface area contributed by atoms with Gasteiger partial charge in [-0.3, -0.25) is 9.36 Å². The highest BCUT2D eigenvalue weighted by Crippen LogP contribution is 2.19. The molecule has 0 fully saturated rings. The van der Waals surface area contributed by atoms with E-state index in [0.29, 0.717) is 29.1 Å². The van der Waals surface area contributed by atoms with Crippen LogP contribution in [0.5, 0.6) is 5.75 Å². The maximum atomic E-state index is 13.2. The van der Waals surface area contributed by atoms with E-state index < -0.39 is 11.2 Å². The van der Waals surface area contributed by atoms with Crippen LogP contribution in [0.1, 0.15) is 11.1 Å². The minimum atomic E-state index is -0.471. The van der Waals surface area contributed by atoms with Gasteiger partial charge in [-0.2, -0.15) is 0 Å². The molecule has 0 amide bonds. The minimum absolute atomic E-state index is 0.104.